The van der Waals surface area contributed by atoms with Gasteiger partial charge in [0.05, 0.1) is 0 Å². The van der Waals surface area contributed by atoms with Crippen molar-refractivity contribution in [1.29, 1.82) is 0 Å². The van der Waals surface area contributed by atoms with E-state index in [1.807, 2.05) is 32.9 Å². The molecule has 0 unspecified atom stereocenters. The van der Waals surface area contributed by atoms with Gasteiger partial charge >= 0.3 is 6.09 Å². The van der Waals surface area contributed by atoms with Gasteiger partial charge in [0.2, 0.25) is 0 Å². The molecule has 1 aliphatic heterocycles. The lowest BCUT2D eigenvalue weighted by molar-refractivity contribution is -0.0188. The first-order valence-corrected chi connectivity index (χ1v) is 9.20. The molecule has 0 saturated carbocycles. The molecule has 4 nitrogen and oxygen atoms in total. The van der Waals surface area contributed by atoms with Crippen molar-refractivity contribution >= 4 is 6.09 Å². The van der Waals surface area contributed by atoms with E-state index in [1.54, 1.807) is 4.90 Å². The quantitative estimate of drug-likeness (QED) is 0.804. The minimum atomic E-state index is -0.448. The molecule has 0 aliphatic carbocycles. The predicted octanol–water partition coefficient (Wildman–Crippen LogP) is 4.31. The molecule has 3 rings (SSSR count). The summed E-state index contributed by atoms with van der Waals surface area (Å²) < 4.78 is 5.47. The second-order valence-corrected chi connectivity index (χ2v) is 7.92. The van der Waals surface area contributed by atoms with E-state index in [1.165, 1.54) is 11.1 Å². The highest BCUT2D eigenvalue weighted by Crippen LogP contribution is 2.22. The number of ether oxygens (including phenoxy) is 1. The molecule has 2 aromatic carbocycles. The normalized spacial score (nSPS) is 15.0. The summed E-state index contributed by atoms with van der Waals surface area (Å²) in [5.41, 5.74) is 2.13. The topological polar surface area (TPSA) is 32.8 Å². The van der Waals surface area contributed by atoms with Crippen molar-refractivity contribution in [2.45, 2.75) is 45.5 Å². The van der Waals surface area contributed by atoms with Crippen molar-refractivity contribution in [3.63, 3.8) is 0 Å². The first kappa shape index (κ1) is 18.5. The first-order valence-electron chi connectivity index (χ1n) is 9.20. The second kappa shape index (κ2) is 7.92. The van der Waals surface area contributed by atoms with Crippen LogP contribution < -0.4 is 0 Å². The standard InChI is InChI=1S/C22H28N2O2/c1-22(2,3)26-21(25)24-16-20(17-24)23(14-18-10-6-4-7-11-18)15-19-12-8-5-9-13-19/h4-13,20H,14-17H2,1-3H3. The summed E-state index contributed by atoms with van der Waals surface area (Å²) in [4.78, 5) is 16.5. The van der Waals surface area contributed by atoms with Crippen LogP contribution in [0.5, 0.6) is 0 Å². The molecule has 2 aromatic rings. The Morgan fingerprint density at radius 1 is 0.962 bits per heavy atom. The maximum absolute atomic E-state index is 12.2. The van der Waals surface area contributed by atoms with E-state index >= 15 is 0 Å². The van der Waals surface area contributed by atoms with Crippen molar-refractivity contribution in [3.05, 3.63) is 71.8 Å². The highest BCUT2D eigenvalue weighted by molar-refractivity contribution is 5.69. The molecular weight excluding hydrogens is 324 g/mol. The minimum Gasteiger partial charge on any atom is -0.444 e. The van der Waals surface area contributed by atoms with Crippen LogP contribution in [0.1, 0.15) is 31.9 Å². The summed E-state index contributed by atoms with van der Waals surface area (Å²) in [6, 6.07) is 21.3. The van der Waals surface area contributed by atoms with Crippen LogP contribution in [0.15, 0.2) is 60.7 Å². The molecule has 1 saturated heterocycles. The first-order chi connectivity index (χ1) is 12.4. The van der Waals surface area contributed by atoms with Gasteiger partial charge in [-0.05, 0) is 31.9 Å². The SMILES string of the molecule is CC(C)(C)OC(=O)N1CC(N(Cc2ccccc2)Cc2ccccc2)C1. The van der Waals surface area contributed by atoms with E-state index in [0.29, 0.717) is 19.1 Å². The molecule has 1 heterocycles. The molecule has 1 fully saturated rings. The number of carbonyl (C=O) groups excluding carboxylic acids is 1. The summed E-state index contributed by atoms with van der Waals surface area (Å²) in [6.45, 7) is 8.89. The van der Waals surface area contributed by atoms with Gasteiger partial charge in [0.15, 0.2) is 0 Å². The number of carbonyl (C=O) groups is 1. The van der Waals surface area contributed by atoms with Crippen molar-refractivity contribution < 1.29 is 9.53 Å². The Balaban J connectivity index is 1.64. The molecule has 1 amide bonds. The van der Waals surface area contributed by atoms with Gasteiger partial charge in [0, 0.05) is 32.2 Å². The molecule has 0 spiro atoms. The van der Waals surface area contributed by atoms with Gasteiger partial charge in [0.25, 0.3) is 0 Å². The molecule has 0 N–H and O–H groups in total. The van der Waals surface area contributed by atoms with E-state index in [4.69, 9.17) is 4.74 Å². The fourth-order valence-electron chi connectivity index (χ4n) is 3.11. The Morgan fingerprint density at radius 3 is 1.85 bits per heavy atom. The van der Waals surface area contributed by atoms with Crippen LogP contribution in [0.25, 0.3) is 0 Å². The third-order valence-corrected chi connectivity index (χ3v) is 4.49. The molecule has 26 heavy (non-hydrogen) atoms. The lowest BCUT2D eigenvalue weighted by Gasteiger charge is -2.45. The predicted molar refractivity (Wildman–Crippen MR) is 104 cm³/mol. The summed E-state index contributed by atoms with van der Waals surface area (Å²) in [7, 11) is 0. The van der Waals surface area contributed by atoms with E-state index < -0.39 is 5.60 Å². The van der Waals surface area contributed by atoms with Gasteiger partial charge in [-0.3, -0.25) is 4.90 Å². The maximum atomic E-state index is 12.2. The highest BCUT2D eigenvalue weighted by Gasteiger charge is 2.37. The third-order valence-electron chi connectivity index (χ3n) is 4.49. The summed E-state index contributed by atoms with van der Waals surface area (Å²) in [5.74, 6) is 0. The van der Waals surface area contributed by atoms with Gasteiger partial charge in [0.1, 0.15) is 5.60 Å². The Hall–Kier alpha value is -2.33. The summed E-state index contributed by atoms with van der Waals surface area (Å²) in [6.07, 6.45) is -0.215. The van der Waals surface area contributed by atoms with Crippen LogP contribution in [-0.2, 0) is 17.8 Å². The third kappa shape index (κ3) is 5.09. The zero-order valence-corrected chi connectivity index (χ0v) is 15.9. The average molecular weight is 352 g/mol. The largest absolute Gasteiger partial charge is 0.444 e. The lowest BCUT2D eigenvalue weighted by Crippen LogP contribution is -2.61. The lowest BCUT2D eigenvalue weighted by atomic mass is 10.0. The second-order valence-electron chi connectivity index (χ2n) is 7.92. The van der Waals surface area contributed by atoms with Gasteiger partial charge in [-0.2, -0.15) is 0 Å². The van der Waals surface area contributed by atoms with Crippen LogP contribution >= 0.6 is 0 Å². The Morgan fingerprint density at radius 2 is 1.42 bits per heavy atom. The summed E-state index contributed by atoms with van der Waals surface area (Å²) >= 11 is 0. The number of amides is 1. The molecule has 0 atom stereocenters. The van der Waals surface area contributed by atoms with Crippen LogP contribution in [-0.4, -0.2) is 40.6 Å². The number of nitrogens with zero attached hydrogens (tertiary/aromatic N) is 2. The monoisotopic (exact) mass is 352 g/mol. The van der Waals surface area contributed by atoms with Gasteiger partial charge in [-0.1, -0.05) is 60.7 Å². The molecule has 0 bridgehead atoms. The van der Waals surface area contributed by atoms with Crippen molar-refractivity contribution in [3.8, 4) is 0 Å². The molecule has 1 aliphatic rings. The number of hydrogen-bond acceptors (Lipinski definition) is 3. The number of likely N-dealkylation sites (tertiary alicyclic amines) is 1. The zero-order valence-electron chi connectivity index (χ0n) is 15.9. The van der Waals surface area contributed by atoms with E-state index in [0.717, 1.165) is 13.1 Å². The number of hydrogen-bond donors (Lipinski definition) is 0. The fourth-order valence-corrected chi connectivity index (χ4v) is 3.11. The Labute approximate surface area is 156 Å². The van der Waals surface area contributed by atoms with E-state index in [-0.39, 0.29) is 6.09 Å². The average Bonchev–Trinajstić information content (AvgIpc) is 2.53. The summed E-state index contributed by atoms with van der Waals surface area (Å²) in [5, 5.41) is 0. The number of benzene rings is 2. The van der Waals surface area contributed by atoms with Crippen LogP contribution in [0.3, 0.4) is 0 Å². The molecule has 0 aromatic heterocycles. The zero-order chi connectivity index (χ0) is 18.6. The molecule has 0 radical (unpaired) electrons. The molecule has 4 heteroatoms. The fraction of sp³-hybridized carbons (Fsp3) is 0.409. The number of rotatable bonds is 5. The van der Waals surface area contributed by atoms with Crippen LogP contribution in [0, 0.1) is 0 Å². The van der Waals surface area contributed by atoms with Gasteiger partial charge in [-0.15, -0.1) is 0 Å². The van der Waals surface area contributed by atoms with Crippen molar-refractivity contribution in [2.24, 2.45) is 0 Å². The van der Waals surface area contributed by atoms with Gasteiger partial charge in [-0.25, -0.2) is 4.79 Å². The maximum Gasteiger partial charge on any atom is 0.410 e. The molecule has 138 valence electrons. The minimum absolute atomic E-state index is 0.215. The van der Waals surface area contributed by atoms with Crippen LogP contribution in [0.2, 0.25) is 0 Å². The van der Waals surface area contributed by atoms with E-state index in [2.05, 4.69) is 53.4 Å². The Bertz CT molecular complexity index is 662. The van der Waals surface area contributed by atoms with Gasteiger partial charge < -0.3 is 9.64 Å². The Kier molecular flexibility index (Phi) is 5.62. The van der Waals surface area contributed by atoms with Crippen molar-refractivity contribution in [2.75, 3.05) is 13.1 Å². The van der Waals surface area contributed by atoms with Crippen molar-refractivity contribution in [1.82, 2.24) is 9.80 Å². The van der Waals surface area contributed by atoms with E-state index in [9.17, 15) is 4.79 Å². The smallest absolute Gasteiger partial charge is 0.410 e. The highest BCUT2D eigenvalue weighted by atomic mass is 16.6. The van der Waals surface area contributed by atoms with Crippen LogP contribution in [0.4, 0.5) is 4.79 Å². The molecular formula is C22H28N2O2.